The smallest absolute Gasteiger partial charge is 0.132 e. The number of hydrogen-bond donors (Lipinski definition) is 1. The van der Waals surface area contributed by atoms with Crippen LogP contribution in [-0.2, 0) is 0 Å². The molecule has 0 fully saturated rings. The Labute approximate surface area is 81.8 Å². The van der Waals surface area contributed by atoms with Gasteiger partial charge in [0.2, 0.25) is 0 Å². The van der Waals surface area contributed by atoms with Gasteiger partial charge in [-0.25, -0.2) is 4.39 Å². The van der Waals surface area contributed by atoms with Crippen molar-refractivity contribution in [3.05, 3.63) is 41.3 Å². The molecule has 2 aromatic rings. The Hall–Kier alpha value is -1.64. The normalized spacial score (nSPS) is 10.5. The van der Waals surface area contributed by atoms with E-state index in [0.29, 0.717) is 11.3 Å². The van der Waals surface area contributed by atoms with Crippen molar-refractivity contribution >= 4 is 0 Å². The number of nitrogens with one attached hydrogen (secondary N) is 1. The van der Waals surface area contributed by atoms with E-state index in [1.807, 2.05) is 26.0 Å². The van der Waals surface area contributed by atoms with Crippen LogP contribution in [0.4, 0.5) is 4.39 Å². The number of rotatable bonds is 1. The third kappa shape index (κ3) is 1.53. The van der Waals surface area contributed by atoms with Crippen LogP contribution in [0.25, 0.3) is 11.3 Å². The van der Waals surface area contributed by atoms with E-state index in [1.165, 1.54) is 6.07 Å². The Balaban J connectivity index is 2.52. The Morgan fingerprint density at radius 2 is 2.00 bits per heavy atom. The van der Waals surface area contributed by atoms with E-state index in [9.17, 15) is 4.39 Å². The highest BCUT2D eigenvalue weighted by molar-refractivity contribution is 5.60. The summed E-state index contributed by atoms with van der Waals surface area (Å²) in [5.41, 5.74) is 3.04. The standard InChI is InChI=1S/C11H11FN2/c1-7-3-4-9(10(12)5-7)11-6-8(2)13-14-11/h3-6H,1-2H3,(H,13,14). The van der Waals surface area contributed by atoms with E-state index in [2.05, 4.69) is 10.2 Å². The molecule has 1 aromatic heterocycles. The molecule has 1 heterocycles. The first-order chi connectivity index (χ1) is 6.66. The summed E-state index contributed by atoms with van der Waals surface area (Å²) in [7, 11) is 0. The fourth-order valence-corrected chi connectivity index (χ4v) is 1.38. The minimum atomic E-state index is -0.225. The topological polar surface area (TPSA) is 28.7 Å². The zero-order valence-corrected chi connectivity index (χ0v) is 8.13. The highest BCUT2D eigenvalue weighted by Gasteiger charge is 2.07. The summed E-state index contributed by atoms with van der Waals surface area (Å²) in [6.45, 7) is 3.76. The molecule has 0 saturated carbocycles. The van der Waals surface area contributed by atoms with Crippen molar-refractivity contribution in [2.24, 2.45) is 0 Å². The van der Waals surface area contributed by atoms with Gasteiger partial charge in [-0.1, -0.05) is 6.07 Å². The predicted octanol–water partition coefficient (Wildman–Crippen LogP) is 2.83. The van der Waals surface area contributed by atoms with Gasteiger partial charge in [-0.3, -0.25) is 5.10 Å². The number of aromatic nitrogens is 2. The lowest BCUT2D eigenvalue weighted by Gasteiger charge is -1.99. The van der Waals surface area contributed by atoms with Crippen LogP contribution in [0.3, 0.4) is 0 Å². The second kappa shape index (κ2) is 3.25. The second-order valence-electron chi connectivity index (χ2n) is 3.42. The highest BCUT2D eigenvalue weighted by atomic mass is 19.1. The molecule has 72 valence electrons. The van der Waals surface area contributed by atoms with Crippen LogP contribution in [0.5, 0.6) is 0 Å². The third-order valence-electron chi connectivity index (χ3n) is 2.11. The summed E-state index contributed by atoms with van der Waals surface area (Å²) in [5.74, 6) is -0.225. The van der Waals surface area contributed by atoms with Crippen molar-refractivity contribution < 1.29 is 4.39 Å². The Bertz CT molecular complexity index is 460. The summed E-state index contributed by atoms with van der Waals surface area (Å²) in [4.78, 5) is 0. The monoisotopic (exact) mass is 190 g/mol. The Kier molecular flexibility index (Phi) is 2.08. The number of hydrogen-bond acceptors (Lipinski definition) is 1. The molecule has 0 unspecified atom stereocenters. The van der Waals surface area contributed by atoms with Crippen molar-refractivity contribution in [1.29, 1.82) is 0 Å². The van der Waals surface area contributed by atoms with Gasteiger partial charge in [-0.2, -0.15) is 5.10 Å². The molecule has 0 saturated heterocycles. The SMILES string of the molecule is Cc1ccc(-c2cc(C)[nH]n2)c(F)c1. The summed E-state index contributed by atoms with van der Waals surface area (Å²) >= 11 is 0. The van der Waals surface area contributed by atoms with E-state index in [4.69, 9.17) is 0 Å². The summed E-state index contributed by atoms with van der Waals surface area (Å²) in [5, 5.41) is 6.80. The molecule has 0 radical (unpaired) electrons. The fraction of sp³-hybridized carbons (Fsp3) is 0.182. The Morgan fingerprint density at radius 3 is 2.57 bits per heavy atom. The quantitative estimate of drug-likeness (QED) is 0.736. The predicted molar refractivity (Wildman–Crippen MR) is 53.5 cm³/mol. The van der Waals surface area contributed by atoms with Gasteiger partial charge >= 0.3 is 0 Å². The molecular formula is C11H11FN2. The van der Waals surface area contributed by atoms with Gasteiger partial charge in [0.05, 0.1) is 5.69 Å². The lowest BCUT2D eigenvalue weighted by molar-refractivity contribution is 0.629. The van der Waals surface area contributed by atoms with Gasteiger partial charge in [0.1, 0.15) is 5.82 Å². The average molecular weight is 190 g/mol. The average Bonchev–Trinajstić information content (AvgIpc) is 2.51. The number of benzene rings is 1. The minimum Gasteiger partial charge on any atom is -0.282 e. The van der Waals surface area contributed by atoms with Gasteiger partial charge in [0, 0.05) is 11.3 Å². The molecule has 0 atom stereocenters. The van der Waals surface area contributed by atoms with Gasteiger partial charge in [-0.15, -0.1) is 0 Å². The number of aryl methyl sites for hydroxylation is 2. The van der Waals surface area contributed by atoms with Crippen molar-refractivity contribution in [3.8, 4) is 11.3 Å². The molecule has 0 aliphatic rings. The van der Waals surface area contributed by atoms with Crippen LogP contribution in [0.15, 0.2) is 24.3 Å². The molecule has 0 bridgehead atoms. The van der Waals surface area contributed by atoms with E-state index in [1.54, 1.807) is 6.07 Å². The van der Waals surface area contributed by atoms with Crippen LogP contribution >= 0.6 is 0 Å². The maximum atomic E-state index is 13.5. The molecule has 1 N–H and O–H groups in total. The van der Waals surface area contributed by atoms with Crippen molar-refractivity contribution in [3.63, 3.8) is 0 Å². The lowest BCUT2D eigenvalue weighted by atomic mass is 10.1. The highest BCUT2D eigenvalue weighted by Crippen LogP contribution is 2.21. The van der Waals surface area contributed by atoms with Gasteiger partial charge in [-0.05, 0) is 37.6 Å². The molecule has 1 aromatic carbocycles. The summed E-state index contributed by atoms with van der Waals surface area (Å²) in [6.07, 6.45) is 0. The van der Waals surface area contributed by atoms with Crippen LogP contribution in [0.2, 0.25) is 0 Å². The van der Waals surface area contributed by atoms with Gasteiger partial charge < -0.3 is 0 Å². The van der Waals surface area contributed by atoms with Crippen molar-refractivity contribution in [2.45, 2.75) is 13.8 Å². The largest absolute Gasteiger partial charge is 0.282 e. The molecule has 0 aliphatic heterocycles. The third-order valence-corrected chi connectivity index (χ3v) is 2.11. The van der Waals surface area contributed by atoms with Crippen LogP contribution in [0.1, 0.15) is 11.3 Å². The van der Waals surface area contributed by atoms with Crippen molar-refractivity contribution in [2.75, 3.05) is 0 Å². The molecule has 2 nitrogen and oxygen atoms in total. The molecule has 0 aliphatic carbocycles. The molecule has 0 spiro atoms. The number of aromatic amines is 1. The van der Waals surface area contributed by atoms with E-state index < -0.39 is 0 Å². The molecule has 14 heavy (non-hydrogen) atoms. The summed E-state index contributed by atoms with van der Waals surface area (Å²) in [6, 6.07) is 6.97. The van der Waals surface area contributed by atoms with Crippen molar-refractivity contribution in [1.82, 2.24) is 10.2 Å². The van der Waals surface area contributed by atoms with Crippen LogP contribution in [-0.4, -0.2) is 10.2 Å². The van der Waals surface area contributed by atoms with Gasteiger partial charge in [0.15, 0.2) is 0 Å². The number of halogens is 1. The number of H-pyrrole nitrogens is 1. The van der Waals surface area contributed by atoms with E-state index in [-0.39, 0.29) is 5.82 Å². The zero-order chi connectivity index (χ0) is 10.1. The Morgan fingerprint density at radius 1 is 1.21 bits per heavy atom. The maximum Gasteiger partial charge on any atom is 0.132 e. The first-order valence-corrected chi connectivity index (χ1v) is 4.45. The zero-order valence-electron chi connectivity index (χ0n) is 8.13. The molecular weight excluding hydrogens is 179 g/mol. The minimum absolute atomic E-state index is 0.225. The van der Waals surface area contributed by atoms with E-state index >= 15 is 0 Å². The molecule has 2 rings (SSSR count). The number of nitrogens with zero attached hydrogens (tertiary/aromatic N) is 1. The summed E-state index contributed by atoms with van der Waals surface area (Å²) < 4.78 is 13.5. The maximum absolute atomic E-state index is 13.5. The first-order valence-electron chi connectivity index (χ1n) is 4.45. The first kappa shape index (κ1) is 8.94. The van der Waals surface area contributed by atoms with Crippen LogP contribution < -0.4 is 0 Å². The lowest BCUT2D eigenvalue weighted by Crippen LogP contribution is -1.85. The molecule has 0 amide bonds. The van der Waals surface area contributed by atoms with Crippen LogP contribution in [0, 0.1) is 19.7 Å². The molecule has 3 heteroatoms. The second-order valence-corrected chi connectivity index (χ2v) is 3.42. The van der Waals surface area contributed by atoms with E-state index in [0.717, 1.165) is 11.3 Å². The fourth-order valence-electron chi connectivity index (χ4n) is 1.38. The van der Waals surface area contributed by atoms with Gasteiger partial charge in [0.25, 0.3) is 0 Å².